The Morgan fingerprint density at radius 3 is 2.17 bits per heavy atom. The third-order valence-electron chi connectivity index (χ3n) is 2.16. The van der Waals surface area contributed by atoms with E-state index >= 15 is 0 Å². The second-order valence-corrected chi connectivity index (χ2v) is 4.75. The summed E-state index contributed by atoms with van der Waals surface area (Å²) in [4.78, 5) is 0. The molecule has 18 heavy (non-hydrogen) atoms. The van der Waals surface area contributed by atoms with Crippen LogP contribution >= 0.6 is 24.2 Å². The molecule has 0 aromatic heterocycles. The van der Waals surface area contributed by atoms with E-state index in [2.05, 4.69) is 16.9 Å². The van der Waals surface area contributed by atoms with Crippen LogP contribution in [0.15, 0.2) is 12.1 Å². The number of benzene rings is 1. The number of methoxy groups -OCH3 is 3. The van der Waals surface area contributed by atoms with Crippen molar-refractivity contribution in [2.75, 3.05) is 21.3 Å². The molecule has 5 nitrogen and oxygen atoms in total. The van der Waals surface area contributed by atoms with Crippen LogP contribution in [0.5, 0.6) is 17.2 Å². The van der Waals surface area contributed by atoms with Crippen molar-refractivity contribution in [2.24, 2.45) is 0 Å². The number of hydrogen-bond donors (Lipinski definition) is 2. The minimum atomic E-state index is -0.151. The maximum atomic E-state index is 8.88. The zero-order chi connectivity index (χ0) is 13.5. The Kier molecular flexibility index (Phi) is 6.03. The smallest absolute Gasteiger partial charge is 0.232 e. The van der Waals surface area contributed by atoms with Gasteiger partial charge in [0.2, 0.25) is 10.1 Å². The number of aliphatic hydroxyl groups is 1. The van der Waals surface area contributed by atoms with Gasteiger partial charge < -0.3 is 19.3 Å². The Morgan fingerprint density at radius 2 is 1.78 bits per heavy atom. The number of aliphatic hydroxyl groups excluding tert-OH is 1. The van der Waals surface area contributed by atoms with Crippen LogP contribution in [0.2, 0.25) is 0 Å². The molecule has 7 heteroatoms. The third kappa shape index (κ3) is 3.94. The fourth-order valence-corrected chi connectivity index (χ4v) is 1.96. The quantitative estimate of drug-likeness (QED) is 0.615. The summed E-state index contributed by atoms with van der Waals surface area (Å²) in [7, 11) is 4.68. The van der Waals surface area contributed by atoms with E-state index in [-0.39, 0.29) is 4.38 Å². The molecule has 0 heterocycles. The summed E-state index contributed by atoms with van der Waals surface area (Å²) in [5, 5.41) is 8.88. The molecule has 1 aromatic rings. The molecule has 0 aliphatic heterocycles. The van der Waals surface area contributed by atoms with Gasteiger partial charge in [0.15, 0.2) is 11.5 Å². The topological polar surface area (TPSA) is 60.0 Å². The first-order valence-electron chi connectivity index (χ1n) is 5.03. The van der Waals surface area contributed by atoms with Gasteiger partial charge in [-0.3, -0.25) is 4.72 Å². The molecule has 0 bridgehead atoms. The highest BCUT2D eigenvalue weighted by molar-refractivity contribution is 8.21. The Bertz CT molecular complexity index is 400. The van der Waals surface area contributed by atoms with E-state index in [1.165, 1.54) is 0 Å². The van der Waals surface area contributed by atoms with Crippen LogP contribution in [-0.4, -0.2) is 30.8 Å². The molecule has 1 rings (SSSR count). The normalized spacial score (nSPS) is 9.94. The van der Waals surface area contributed by atoms with Crippen molar-refractivity contribution in [1.29, 1.82) is 0 Å². The average molecular weight is 289 g/mol. The van der Waals surface area contributed by atoms with Crippen molar-refractivity contribution in [3.05, 3.63) is 17.7 Å². The van der Waals surface area contributed by atoms with Gasteiger partial charge >= 0.3 is 0 Å². The highest BCUT2D eigenvalue weighted by Crippen LogP contribution is 2.38. The van der Waals surface area contributed by atoms with E-state index < -0.39 is 0 Å². The van der Waals surface area contributed by atoms with Gasteiger partial charge in [-0.05, 0) is 29.9 Å². The minimum Gasteiger partial charge on any atom is -0.493 e. The van der Waals surface area contributed by atoms with Crippen LogP contribution in [0.3, 0.4) is 0 Å². The van der Waals surface area contributed by atoms with Crippen LogP contribution in [-0.2, 0) is 6.54 Å². The predicted octanol–water partition coefficient (Wildman–Crippen LogP) is 2.29. The molecule has 0 atom stereocenters. The maximum Gasteiger partial charge on any atom is 0.232 e. The molecule has 0 fully saturated rings. The number of nitrogens with one attached hydrogen (secondary N) is 1. The van der Waals surface area contributed by atoms with E-state index in [9.17, 15) is 0 Å². The summed E-state index contributed by atoms with van der Waals surface area (Å²) in [5.41, 5.74) is 0.924. The van der Waals surface area contributed by atoms with Gasteiger partial charge in [0.1, 0.15) is 0 Å². The average Bonchev–Trinajstić information content (AvgIpc) is 2.36. The highest BCUT2D eigenvalue weighted by Gasteiger charge is 2.12. The molecular weight excluding hydrogens is 274 g/mol. The van der Waals surface area contributed by atoms with Crippen LogP contribution in [0.1, 0.15) is 5.56 Å². The Hall–Kier alpha value is -1.18. The van der Waals surface area contributed by atoms with E-state index in [4.69, 9.17) is 19.3 Å². The van der Waals surface area contributed by atoms with Gasteiger partial charge in [0.25, 0.3) is 0 Å². The monoisotopic (exact) mass is 289 g/mol. The Labute approximate surface area is 116 Å². The molecule has 100 valence electrons. The first-order chi connectivity index (χ1) is 8.62. The van der Waals surface area contributed by atoms with Gasteiger partial charge in [-0.1, -0.05) is 0 Å². The molecule has 0 aliphatic rings. The first-order valence-corrected chi connectivity index (χ1v) is 6.26. The largest absolute Gasteiger partial charge is 0.493 e. The lowest BCUT2D eigenvalue weighted by atomic mass is 10.2. The standard InChI is InChI=1S/C11H15NO4S2/c1-14-8-4-7(6-12-18-11(13)17)5-9(15-2)10(8)16-3/h4-5,12H,6H2,1-3H3,(H,13,17). The van der Waals surface area contributed by atoms with E-state index in [1.54, 1.807) is 21.3 Å². The van der Waals surface area contributed by atoms with Crippen molar-refractivity contribution in [3.63, 3.8) is 0 Å². The second-order valence-electron chi connectivity index (χ2n) is 3.22. The van der Waals surface area contributed by atoms with Crippen molar-refractivity contribution in [3.8, 4) is 17.2 Å². The predicted molar refractivity (Wildman–Crippen MR) is 75.8 cm³/mol. The van der Waals surface area contributed by atoms with E-state index in [0.717, 1.165) is 17.5 Å². The molecule has 0 radical (unpaired) electrons. The van der Waals surface area contributed by atoms with Crippen LogP contribution in [0, 0.1) is 0 Å². The maximum absolute atomic E-state index is 8.88. The summed E-state index contributed by atoms with van der Waals surface area (Å²) in [6.07, 6.45) is 0. The number of thiocarbonyl (C=S) groups is 1. The molecular formula is C11H15NO4S2. The van der Waals surface area contributed by atoms with Gasteiger partial charge in [-0.15, -0.1) is 0 Å². The molecule has 0 aliphatic carbocycles. The molecule has 1 aromatic carbocycles. The fourth-order valence-electron chi connectivity index (χ4n) is 1.42. The first kappa shape index (κ1) is 14.9. The molecule has 0 saturated carbocycles. The summed E-state index contributed by atoms with van der Waals surface area (Å²) >= 11 is 5.52. The van der Waals surface area contributed by atoms with E-state index in [1.807, 2.05) is 12.1 Å². The summed E-state index contributed by atoms with van der Waals surface area (Å²) in [6, 6.07) is 3.66. The number of ether oxygens (including phenoxy) is 3. The molecule has 0 spiro atoms. The van der Waals surface area contributed by atoms with Gasteiger partial charge in [-0.2, -0.15) is 0 Å². The number of hydrogen-bond acceptors (Lipinski definition) is 6. The summed E-state index contributed by atoms with van der Waals surface area (Å²) in [6.45, 7) is 0.502. The Morgan fingerprint density at radius 1 is 1.22 bits per heavy atom. The summed E-state index contributed by atoms with van der Waals surface area (Å²) in [5.74, 6) is 1.73. The van der Waals surface area contributed by atoms with Gasteiger partial charge in [0.05, 0.1) is 21.3 Å². The zero-order valence-electron chi connectivity index (χ0n) is 10.4. The van der Waals surface area contributed by atoms with Crippen LogP contribution in [0.25, 0.3) is 0 Å². The molecule has 0 saturated heterocycles. The second kappa shape index (κ2) is 7.30. The Balaban J connectivity index is 2.89. The van der Waals surface area contributed by atoms with E-state index in [0.29, 0.717) is 23.8 Å². The van der Waals surface area contributed by atoms with Crippen molar-refractivity contribution >= 4 is 28.5 Å². The molecule has 0 amide bonds. The fraction of sp³-hybridized carbons (Fsp3) is 0.364. The minimum absolute atomic E-state index is 0.151. The molecule has 0 unspecified atom stereocenters. The highest BCUT2D eigenvalue weighted by atomic mass is 32.2. The summed E-state index contributed by atoms with van der Waals surface area (Å²) < 4.78 is 18.4. The lowest BCUT2D eigenvalue weighted by molar-refractivity contribution is 0.324. The SMILES string of the molecule is COc1cc(CNSC(O)=S)cc(OC)c1OC. The third-order valence-corrected chi connectivity index (χ3v) is 2.87. The zero-order valence-corrected chi connectivity index (χ0v) is 12.0. The van der Waals surface area contributed by atoms with Crippen LogP contribution in [0.4, 0.5) is 0 Å². The van der Waals surface area contributed by atoms with Crippen LogP contribution < -0.4 is 18.9 Å². The van der Waals surface area contributed by atoms with Crippen molar-refractivity contribution < 1.29 is 19.3 Å². The van der Waals surface area contributed by atoms with Crippen molar-refractivity contribution in [2.45, 2.75) is 6.54 Å². The van der Waals surface area contributed by atoms with Crippen molar-refractivity contribution in [1.82, 2.24) is 4.72 Å². The lowest BCUT2D eigenvalue weighted by Crippen LogP contribution is -2.07. The van der Waals surface area contributed by atoms with Gasteiger partial charge in [0, 0.05) is 18.5 Å². The molecule has 2 N–H and O–H groups in total. The van der Waals surface area contributed by atoms with Gasteiger partial charge in [-0.25, -0.2) is 0 Å². The lowest BCUT2D eigenvalue weighted by Gasteiger charge is -2.14. The number of rotatable bonds is 6.